The maximum absolute atomic E-state index is 6.25. The van der Waals surface area contributed by atoms with E-state index in [9.17, 15) is 0 Å². The van der Waals surface area contributed by atoms with Crippen LogP contribution in [0.1, 0.15) is 24.8 Å². The fraction of sp³-hybridized carbons (Fsp3) is 0.600. The van der Waals surface area contributed by atoms with Crippen molar-refractivity contribution in [2.75, 3.05) is 13.2 Å². The zero-order valence-electron chi connectivity index (χ0n) is 10.6. The first-order valence-corrected chi connectivity index (χ1v) is 7.28. The number of nitrogens with one attached hydrogen (secondary N) is 1. The summed E-state index contributed by atoms with van der Waals surface area (Å²) < 4.78 is 5.64. The van der Waals surface area contributed by atoms with Gasteiger partial charge in [0.25, 0.3) is 0 Å². The normalized spacial score (nSPS) is 28.3. The van der Waals surface area contributed by atoms with E-state index in [1.165, 1.54) is 18.4 Å². The molecule has 18 heavy (non-hydrogen) atoms. The van der Waals surface area contributed by atoms with Crippen molar-refractivity contribution in [2.24, 2.45) is 5.92 Å². The van der Waals surface area contributed by atoms with E-state index < -0.39 is 0 Å². The molecule has 0 bridgehead atoms. The molecular formula is C15H20ClNO. The van der Waals surface area contributed by atoms with E-state index in [0.29, 0.717) is 12.0 Å². The lowest BCUT2D eigenvalue weighted by Gasteiger charge is -2.32. The first-order chi connectivity index (χ1) is 8.83. The summed E-state index contributed by atoms with van der Waals surface area (Å²) in [6, 6.07) is 9.52. The zero-order valence-corrected chi connectivity index (χ0v) is 11.3. The summed E-state index contributed by atoms with van der Waals surface area (Å²) >= 11 is 6.25. The Bertz CT molecular complexity index is 405. The van der Waals surface area contributed by atoms with Crippen LogP contribution < -0.4 is 5.32 Å². The zero-order chi connectivity index (χ0) is 12.4. The molecule has 0 amide bonds. The smallest absolute Gasteiger partial charge is 0.0512 e. The Labute approximate surface area is 114 Å². The third kappa shape index (κ3) is 3.05. The summed E-state index contributed by atoms with van der Waals surface area (Å²) in [4.78, 5) is 0. The molecule has 1 heterocycles. The van der Waals surface area contributed by atoms with Gasteiger partial charge in [0, 0.05) is 29.6 Å². The Morgan fingerprint density at radius 2 is 2.06 bits per heavy atom. The summed E-state index contributed by atoms with van der Waals surface area (Å²) in [5, 5.41) is 4.64. The molecule has 2 nitrogen and oxygen atoms in total. The van der Waals surface area contributed by atoms with Crippen LogP contribution in [0.3, 0.4) is 0 Å². The summed E-state index contributed by atoms with van der Waals surface area (Å²) in [5.41, 5.74) is 1.25. The van der Waals surface area contributed by atoms with Crippen molar-refractivity contribution in [3.8, 4) is 0 Å². The highest BCUT2D eigenvalue weighted by atomic mass is 35.5. The van der Waals surface area contributed by atoms with E-state index in [1.54, 1.807) is 0 Å². The summed E-state index contributed by atoms with van der Waals surface area (Å²) in [7, 11) is 0. The number of hydrogen-bond acceptors (Lipinski definition) is 2. The van der Waals surface area contributed by atoms with Crippen LogP contribution in [-0.2, 0) is 11.2 Å². The highest BCUT2D eigenvalue weighted by Gasteiger charge is 2.31. The Morgan fingerprint density at radius 1 is 1.22 bits per heavy atom. The summed E-state index contributed by atoms with van der Waals surface area (Å²) in [5.74, 6) is 0.555. The van der Waals surface area contributed by atoms with Gasteiger partial charge in [0.2, 0.25) is 0 Å². The number of rotatable bonds is 4. The van der Waals surface area contributed by atoms with E-state index in [4.69, 9.17) is 16.3 Å². The predicted octanol–water partition coefficient (Wildman–Crippen LogP) is 3.04. The molecule has 98 valence electrons. The highest BCUT2D eigenvalue weighted by molar-refractivity contribution is 6.31. The lowest BCUT2D eigenvalue weighted by Crippen LogP contribution is -2.44. The van der Waals surface area contributed by atoms with Crippen LogP contribution in [0.15, 0.2) is 24.3 Å². The van der Waals surface area contributed by atoms with Gasteiger partial charge < -0.3 is 10.1 Å². The second kappa shape index (κ2) is 5.60. The average Bonchev–Trinajstić information content (AvgIpc) is 3.18. The van der Waals surface area contributed by atoms with Gasteiger partial charge in [-0.3, -0.25) is 0 Å². The van der Waals surface area contributed by atoms with Gasteiger partial charge in [-0.05, 0) is 37.3 Å². The molecule has 0 unspecified atom stereocenters. The molecular weight excluding hydrogens is 246 g/mol. The molecule has 1 aromatic rings. The monoisotopic (exact) mass is 265 g/mol. The van der Waals surface area contributed by atoms with Gasteiger partial charge in [-0.2, -0.15) is 0 Å². The third-order valence-electron chi connectivity index (χ3n) is 3.94. The van der Waals surface area contributed by atoms with Crippen LogP contribution in [0.4, 0.5) is 0 Å². The lowest BCUT2D eigenvalue weighted by atomic mass is 9.89. The number of benzene rings is 1. The molecule has 1 saturated carbocycles. The van der Waals surface area contributed by atoms with Gasteiger partial charge in [0.05, 0.1) is 6.61 Å². The first kappa shape index (κ1) is 12.5. The molecule has 0 radical (unpaired) electrons. The van der Waals surface area contributed by atoms with E-state index in [1.807, 2.05) is 12.1 Å². The maximum Gasteiger partial charge on any atom is 0.0512 e. The van der Waals surface area contributed by atoms with Gasteiger partial charge in [-0.1, -0.05) is 29.8 Å². The minimum Gasteiger partial charge on any atom is -0.381 e. The van der Waals surface area contributed by atoms with Crippen molar-refractivity contribution in [1.82, 2.24) is 5.32 Å². The summed E-state index contributed by atoms with van der Waals surface area (Å²) in [6.45, 7) is 1.75. The second-order valence-electron chi connectivity index (χ2n) is 5.47. The molecule has 0 spiro atoms. The van der Waals surface area contributed by atoms with Crippen LogP contribution in [-0.4, -0.2) is 25.3 Å². The SMILES string of the molecule is Clc1ccccc1C[C@@H]1COCC[C@H]1NC1CC1. The molecule has 2 fully saturated rings. The van der Waals surface area contributed by atoms with Crippen LogP contribution in [0.25, 0.3) is 0 Å². The van der Waals surface area contributed by atoms with Gasteiger partial charge in [0.15, 0.2) is 0 Å². The Hall–Kier alpha value is -0.570. The van der Waals surface area contributed by atoms with Crippen molar-refractivity contribution in [3.05, 3.63) is 34.9 Å². The van der Waals surface area contributed by atoms with E-state index >= 15 is 0 Å². The molecule has 3 rings (SSSR count). The molecule has 2 atom stereocenters. The second-order valence-corrected chi connectivity index (χ2v) is 5.87. The van der Waals surface area contributed by atoms with Gasteiger partial charge in [-0.15, -0.1) is 0 Å². The van der Waals surface area contributed by atoms with Crippen molar-refractivity contribution in [3.63, 3.8) is 0 Å². The molecule has 1 N–H and O–H groups in total. The Balaban J connectivity index is 1.66. The number of halogens is 1. The molecule has 3 heteroatoms. The van der Waals surface area contributed by atoms with Gasteiger partial charge in [0.1, 0.15) is 0 Å². The van der Waals surface area contributed by atoms with E-state index in [-0.39, 0.29) is 0 Å². The number of ether oxygens (including phenoxy) is 1. The van der Waals surface area contributed by atoms with Crippen molar-refractivity contribution in [1.29, 1.82) is 0 Å². The number of hydrogen-bond donors (Lipinski definition) is 1. The minimum atomic E-state index is 0.555. The van der Waals surface area contributed by atoms with Crippen molar-refractivity contribution < 1.29 is 4.74 Å². The highest BCUT2D eigenvalue weighted by Crippen LogP contribution is 2.27. The Kier molecular flexibility index (Phi) is 3.88. The van der Waals surface area contributed by atoms with Gasteiger partial charge >= 0.3 is 0 Å². The standard InChI is InChI=1S/C15H20ClNO/c16-14-4-2-1-3-11(14)9-12-10-18-8-7-15(12)17-13-5-6-13/h1-4,12-13,15,17H,5-10H2/t12-,15-/m1/s1. The molecule has 1 aliphatic carbocycles. The fourth-order valence-electron chi connectivity index (χ4n) is 2.72. The lowest BCUT2D eigenvalue weighted by molar-refractivity contribution is 0.0316. The average molecular weight is 266 g/mol. The van der Waals surface area contributed by atoms with Gasteiger partial charge in [-0.25, -0.2) is 0 Å². The van der Waals surface area contributed by atoms with Crippen LogP contribution >= 0.6 is 11.6 Å². The van der Waals surface area contributed by atoms with E-state index in [0.717, 1.165) is 37.1 Å². The van der Waals surface area contributed by atoms with Crippen LogP contribution in [0.2, 0.25) is 5.02 Å². The predicted molar refractivity (Wildman–Crippen MR) is 74.0 cm³/mol. The summed E-state index contributed by atoms with van der Waals surface area (Å²) in [6.07, 6.45) is 4.84. The fourth-order valence-corrected chi connectivity index (χ4v) is 2.93. The topological polar surface area (TPSA) is 21.3 Å². The van der Waals surface area contributed by atoms with Crippen molar-refractivity contribution in [2.45, 2.75) is 37.8 Å². The van der Waals surface area contributed by atoms with Crippen LogP contribution in [0.5, 0.6) is 0 Å². The van der Waals surface area contributed by atoms with Crippen LogP contribution in [0, 0.1) is 5.92 Å². The first-order valence-electron chi connectivity index (χ1n) is 6.90. The van der Waals surface area contributed by atoms with E-state index in [2.05, 4.69) is 17.4 Å². The molecule has 0 aromatic heterocycles. The third-order valence-corrected chi connectivity index (χ3v) is 4.31. The molecule has 1 saturated heterocycles. The maximum atomic E-state index is 6.25. The quantitative estimate of drug-likeness (QED) is 0.904. The Morgan fingerprint density at radius 3 is 2.83 bits per heavy atom. The molecule has 1 aliphatic heterocycles. The largest absolute Gasteiger partial charge is 0.381 e. The minimum absolute atomic E-state index is 0.555. The van der Waals surface area contributed by atoms with Crippen molar-refractivity contribution >= 4 is 11.6 Å². The molecule has 2 aliphatic rings. The molecule has 1 aromatic carbocycles.